The number of rotatable bonds is 5. The number of anilines is 1. The van der Waals surface area contributed by atoms with Crippen molar-refractivity contribution in [1.82, 2.24) is 9.88 Å². The first kappa shape index (κ1) is 15.3. The molecule has 1 aliphatic heterocycles. The summed E-state index contributed by atoms with van der Waals surface area (Å²) in [6.45, 7) is 3.21. The number of aromatic nitrogens is 1. The minimum Gasteiger partial charge on any atom is -0.356 e. The van der Waals surface area contributed by atoms with E-state index < -0.39 is 0 Å². The molecule has 5 heteroatoms. The average Bonchev–Trinajstić information content (AvgIpc) is 3.05. The Morgan fingerprint density at radius 2 is 1.87 bits per heavy atom. The normalized spacial score (nSPS) is 12.5. The van der Waals surface area contributed by atoms with E-state index in [1.807, 2.05) is 49.5 Å². The number of carbonyl (C=O) groups excluding carboxylic acids is 2. The van der Waals surface area contributed by atoms with Crippen LogP contribution >= 0.6 is 0 Å². The lowest BCUT2D eigenvalue weighted by Crippen LogP contribution is -2.35. The third-order valence-electron chi connectivity index (χ3n) is 4.02. The number of nitrogens with one attached hydrogen (secondary N) is 1. The second-order valence-corrected chi connectivity index (χ2v) is 5.69. The maximum Gasteiger partial charge on any atom is 0.227 e. The van der Waals surface area contributed by atoms with Gasteiger partial charge in [-0.2, -0.15) is 0 Å². The minimum atomic E-state index is -0.0612. The molecule has 0 atom stereocenters. The van der Waals surface area contributed by atoms with E-state index in [0.717, 1.165) is 23.5 Å². The molecule has 0 saturated carbocycles. The number of benzene rings is 1. The van der Waals surface area contributed by atoms with E-state index in [0.29, 0.717) is 13.1 Å². The first-order valence-corrected chi connectivity index (χ1v) is 8.03. The topological polar surface area (TPSA) is 54.3 Å². The second kappa shape index (κ2) is 6.69. The van der Waals surface area contributed by atoms with E-state index in [1.54, 1.807) is 4.90 Å². The molecule has 1 N–H and O–H groups in total. The van der Waals surface area contributed by atoms with Crippen molar-refractivity contribution in [2.24, 2.45) is 0 Å². The fourth-order valence-electron chi connectivity index (χ4n) is 2.85. The third-order valence-corrected chi connectivity index (χ3v) is 4.02. The number of hydrogen-bond acceptors (Lipinski definition) is 2. The summed E-state index contributed by atoms with van der Waals surface area (Å²) < 4.78 is 2.10. The monoisotopic (exact) mass is 311 g/mol. The quantitative estimate of drug-likeness (QED) is 0.923. The number of hydrogen-bond donors (Lipinski definition) is 1. The standard InChI is InChI=1S/C18H21N3O2/c1-2-11-19-17(22)9-10-18(23)21-13-14-6-5-12-20(14)15-7-3-4-8-16(15)21/h3-8,12H,2,9-11,13H2,1H3,(H,19,22). The molecule has 1 aromatic carbocycles. The Morgan fingerprint density at radius 3 is 2.65 bits per heavy atom. The predicted octanol–water partition coefficient (Wildman–Crippen LogP) is 2.63. The zero-order valence-corrected chi connectivity index (χ0v) is 13.3. The van der Waals surface area contributed by atoms with Crippen LogP contribution in [0.25, 0.3) is 5.69 Å². The van der Waals surface area contributed by atoms with Crippen LogP contribution in [0.2, 0.25) is 0 Å². The molecule has 5 nitrogen and oxygen atoms in total. The average molecular weight is 311 g/mol. The lowest BCUT2D eigenvalue weighted by Gasteiger charge is -2.31. The first-order chi connectivity index (χ1) is 11.2. The van der Waals surface area contributed by atoms with Crippen molar-refractivity contribution in [3.05, 3.63) is 48.3 Å². The number of para-hydroxylation sites is 2. The molecule has 0 saturated heterocycles. The molecule has 0 bridgehead atoms. The van der Waals surface area contributed by atoms with Crippen molar-refractivity contribution in [2.75, 3.05) is 11.4 Å². The number of fused-ring (bicyclic) bond motifs is 3. The molecule has 1 aliphatic rings. The van der Waals surface area contributed by atoms with Gasteiger partial charge < -0.3 is 14.8 Å². The Balaban J connectivity index is 1.74. The van der Waals surface area contributed by atoms with Crippen molar-refractivity contribution in [3.8, 4) is 5.69 Å². The SMILES string of the molecule is CCCNC(=O)CCC(=O)N1Cc2cccn2-c2ccccc21. The van der Waals surface area contributed by atoms with Gasteiger partial charge in [-0.25, -0.2) is 0 Å². The van der Waals surface area contributed by atoms with E-state index in [1.165, 1.54) is 0 Å². The molecule has 2 amide bonds. The van der Waals surface area contributed by atoms with Gasteiger partial charge in [-0.15, -0.1) is 0 Å². The lowest BCUT2D eigenvalue weighted by atomic mass is 10.1. The largest absolute Gasteiger partial charge is 0.356 e. The van der Waals surface area contributed by atoms with Gasteiger partial charge in [0.1, 0.15) is 0 Å². The van der Waals surface area contributed by atoms with Gasteiger partial charge in [0.15, 0.2) is 0 Å². The summed E-state index contributed by atoms with van der Waals surface area (Å²) in [4.78, 5) is 26.1. The molecule has 120 valence electrons. The van der Waals surface area contributed by atoms with Gasteiger partial charge in [-0.1, -0.05) is 19.1 Å². The summed E-state index contributed by atoms with van der Waals surface area (Å²) in [5.74, 6) is -0.0783. The zero-order chi connectivity index (χ0) is 16.2. The fraction of sp³-hybridized carbons (Fsp3) is 0.333. The summed E-state index contributed by atoms with van der Waals surface area (Å²) in [6, 6.07) is 11.9. The van der Waals surface area contributed by atoms with Crippen molar-refractivity contribution in [2.45, 2.75) is 32.7 Å². The molecule has 0 aliphatic carbocycles. The van der Waals surface area contributed by atoms with Crippen LogP contribution in [0.15, 0.2) is 42.6 Å². The van der Waals surface area contributed by atoms with Crippen LogP contribution < -0.4 is 10.2 Å². The summed E-state index contributed by atoms with van der Waals surface area (Å²) >= 11 is 0. The molecule has 1 aromatic heterocycles. The summed E-state index contributed by atoms with van der Waals surface area (Å²) in [7, 11) is 0. The van der Waals surface area contributed by atoms with Crippen molar-refractivity contribution in [3.63, 3.8) is 0 Å². The van der Waals surface area contributed by atoms with E-state index in [9.17, 15) is 9.59 Å². The molecule has 2 heterocycles. The highest BCUT2D eigenvalue weighted by Crippen LogP contribution is 2.32. The highest BCUT2D eigenvalue weighted by atomic mass is 16.2. The number of carbonyl (C=O) groups is 2. The van der Waals surface area contributed by atoms with Crippen LogP contribution in [0.3, 0.4) is 0 Å². The highest BCUT2D eigenvalue weighted by Gasteiger charge is 2.25. The van der Waals surface area contributed by atoms with Gasteiger partial charge in [-0.05, 0) is 30.7 Å². The Kier molecular flexibility index (Phi) is 4.46. The Morgan fingerprint density at radius 1 is 1.09 bits per heavy atom. The Bertz CT molecular complexity index is 721. The van der Waals surface area contributed by atoms with Crippen LogP contribution in [0.1, 0.15) is 31.9 Å². The van der Waals surface area contributed by atoms with Gasteiger partial charge in [-0.3, -0.25) is 9.59 Å². The summed E-state index contributed by atoms with van der Waals surface area (Å²) in [5.41, 5.74) is 2.98. The van der Waals surface area contributed by atoms with E-state index in [-0.39, 0.29) is 24.7 Å². The summed E-state index contributed by atoms with van der Waals surface area (Å²) in [5, 5.41) is 2.81. The van der Waals surface area contributed by atoms with Crippen molar-refractivity contribution in [1.29, 1.82) is 0 Å². The Hall–Kier alpha value is -2.56. The van der Waals surface area contributed by atoms with Crippen LogP contribution in [-0.4, -0.2) is 22.9 Å². The van der Waals surface area contributed by atoms with Crippen LogP contribution in [0, 0.1) is 0 Å². The molecule has 0 fully saturated rings. The Labute approximate surface area is 135 Å². The van der Waals surface area contributed by atoms with Gasteiger partial charge in [0.25, 0.3) is 0 Å². The van der Waals surface area contributed by atoms with E-state index in [2.05, 4.69) is 9.88 Å². The number of nitrogens with zero attached hydrogens (tertiary/aromatic N) is 2. The lowest BCUT2D eigenvalue weighted by molar-refractivity contribution is -0.125. The molecular weight excluding hydrogens is 290 g/mol. The molecule has 23 heavy (non-hydrogen) atoms. The van der Waals surface area contributed by atoms with Crippen LogP contribution in [0.5, 0.6) is 0 Å². The van der Waals surface area contributed by atoms with Crippen molar-refractivity contribution < 1.29 is 9.59 Å². The molecule has 0 radical (unpaired) electrons. The minimum absolute atomic E-state index is 0.0171. The molecule has 0 spiro atoms. The van der Waals surface area contributed by atoms with Crippen LogP contribution in [0.4, 0.5) is 5.69 Å². The summed E-state index contributed by atoms with van der Waals surface area (Å²) in [6.07, 6.45) is 3.37. The smallest absolute Gasteiger partial charge is 0.227 e. The van der Waals surface area contributed by atoms with E-state index >= 15 is 0 Å². The molecule has 3 rings (SSSR count). The van der Waals surface area contributed by atoms with Gasteiger partial charge >= 0.3 is 0 Å². The first-order valence-electron chi connectivity index (χ1n) is 8.03. The maximum absolute atomic E-state index is 12.6. The predicted molar refractivity (Wildman–Crippen MR) is 89.5 cm³/mol. The van der Waals surface area contributed by atoms with Crippen LogP contribution in [-0.2, 0) is 16.1 Å². The molecule has 2 aromatic rings. The molecular formula is C18H21N3O2. The maximum atomic E-state index is 12.6. The van der Waals surface area contributed by atoms with E-state index in [4.69, 9.17) is 0 Å². The molecule has 0 unspecified atom stereocenters. The zero-order valence-electron chi connectivity index (χ0n) is 13.3. The fourth-order valence-corrected chi connectivity index (χ4v) is 2.85. The van der Waals surface area contributed by atoms with Gasteiger partial charge in [0.05, 0.1) is 17.9 Å². The van der Waals surface area contributed by atoms with Crippen molar-refractivity contribution >= 4 is 17.5 Å². The van der Waals surface area contributed by atoms with Gasteiger partial charge in [0, 0.05) is 31.3 Å². The highest BCUT2D eigenvalue weighted by molar-refractivity contribution is 5.97. The number of amides is 2. The third kappa shape index (κ3) is 3.13. The van der Waals surface area contributed by atoms with Gasteiger partial charge in [0.2, 0.25) is 11.8 Å². The second-order valence-electron chi connectivity index (χ2n) is 5.69.